The van der Waals surface area contributed by atoms with Crippen LogP contribution >= 0.6 is 0 Å². The second kappa shape index (κ2) is 4.52. The molecule has 1 spiro atoms. The fourth-order valence-electron chi connectivity index (χ4n) is 3.83. The third kappa shape index (κ3) is 1.88. The van der Waals surface area contributed by atoms with Gasteiger partial charge in [0.05, 0.1) is 6.10 Å². The van der Waals surface area contributed by atoms with Crippen LogP contribution in [0, 0.1) is 26.2 Å². The Bertz CT molecular complexity index is 486. The van der Waals surface area contributed by atoms with E-state index in [1.54, 1.807) is 0 Å². The maximum atomic E-state index is 10.2. The van der Waals surface area contributed by atoms with E-state index in [9.17, 15) is 5.11 Å². The van der Waals surface area contributed by atoms with Crippen molar-refractivity contribution in [3.63, 3.8) is 0 Å². The van der Waals surface area contributed by atoms with Gasteiger partial charge in [-0.05, 0) is 50.3 Å². The molecule has 2 saturated carbocycles. The molecule has 0 bridgehead atoms. The first-order chi connectivity index (χ1) is 9.04. The summed E-state index contributed by atoms with van der Waals surface area (Å²) in [5.74, 6) is 1.04. The van der Waals surface area contributed by atoms with Crippen molar-refractivity contribution in [3.8, 4) is 5.75 Å². The van der Waals surface area contributed by atoms with E-state index in [0.717, 1.165) is 25.0 Å². The molecule has 0 radical (unpaired) electrons. The van der Waals surface area contributed by atoms with Gasteiger partial charge in [-0.1, -0.05) is 25.0 Å². The lowest BCUT2D eigenvalue weighted by atomic mass is 9.62. The zero-order chi connectivity index (χ0) is 13.6. The van der Waals surface area contributed by atoms with Crippen LogP contribution in [0.4, 0.5) is 0 Å². The van der Waals surface area contributed by atoms with Crippen molar-refractivity contribution >= 4 is 0 Å². The molecule has 1 N–H and O–H groups in total. The van der Waals surface area contributed by atoms with Crippen LogP contribution in [0.2, 0.25) is 0 Å². The summed E-state index contributed by atoms with van der Waals surface area (Å²) in [6.07, 6.45) is 5.60. The lowest BCUT2D eigenvalue weighted by Gasteiger charge is -2.51. The van der Waals surface area contributed by atoms with E-state index in [4.69, 9.17) is 4.74 Å². The Morgan fingerprint density at radius 3 is 2.37 bits per heavy atom. The van der Waals surface area contributed by atoms with Gasteiger partial charge in [0.15, 0.2) is 0 Å². The largest absolute Gasteiger partial charge is 0.489 e. The third-order valence-electron chi connectivity index (χ3n) is 5.41. The summed E-state index contributed by atoms with van der Waals surface area (Å²) in [6.45, 7) is 6.37. The van der Waals surface area contributed by atoms with E-state index in [2.05, 4.69) is 32.9 Å². The van der Waals surface area contributed by atoms with Crippen LogP contribution < -0.4 is 4.74 Å². The minimum atomic E-state index is -0.148. The first-order valence-corrected chi connectivity index (χ1v) is 7.46. The molecule has 0 aromatic heterocycles. The highest BCUT2D eigenvalue weighted by molar-refractivity contribution is 5.45. The predicted molar refractivity (Wildman–Crippen MR) is 76.6 cm³/mol. The van der Waals surface area contributed by atoms with Crippen molar-refractivity contribution in [1.29, 1.82) is 0 Å². The lowest BCUT2D eigenvalue weighted by molar-refractivity contribution is -0.152. The Morgan fingerprint density at radius 1 is 1.11 bits per heavy atom. The lowest BCUT2D eigenvalue weighted by Crippen LogP contribution is -2.58. The van der Waals surface area contributed by atoms with E-state index < -0.39 is 0 Å². The highest BCUT2D eigenvalue weighted by atomic mass is 16.5. The van der Waals surface area contributed by atoms with Crippen LogP contribution in [0.5, 0.6) is 5.75 Å². The molecule has 2 heteroatoms. The quantitative estimate of drug-likeness (QED) is 0.879. The molecule has 2 aliphatic rings. The van der Waals surface area contributed by atoms with Gasteiger partial charge in [-0.2, -0.15) is 0 Å². The average molecular weight is 260 g/mol. The van der Waals surface area contributed by atoms with Crippen molar-refractivity contribution in [1.82, 2.24) is 0 Å². The summed E-state index contributed by atoms with van der Waals surface area (Å²) in [4.78, 5) is 0. The highest BCUT2D eigenvalue weighted by Gasteiger charge is 2.57. The van der Waals surface area contributed by atoms with E-state index in [-0.39, 0.29) is 17.6 Å². The number of rotatable bonds is 2. The van der Waals surface area contributed by atoms with Gasteiger partial charge in [0.1, 0.15) is 11.9 Å². The van der Waals surface area contributed by atoms with Gasteiger partial charge < -0.3 is 9.84 Å². The zero-order valence-corrected chi connectivity index (χ0v) is 12.2. The molecule has 2 unspecified atom stereocenters. The maximum absolute atomic E-state index is 10.2. The molecule has 0 heterocycles. The van der Waals surface area contributed by atoms with Crippen LogP contribution in [0.3, 0.4) is 0 Å². The normalized spacial score (nSPS) is 28.4. The van der Waals surface area contributed by atoms with E-state index in [1.165, 1.54) is 29.5 Å². The summed E-state index contributed by atoms with van der Waals surface area (Å²) in [5.41, 5.74) is 3.79. The standard InChI is InChI=1S/C17H24O2/c1-11-6-7-12(2)16(13(11)3)19-15-10-14(18)17(15)8-4-5-9-17/h6-7,14-15,18H,4-5,8-10H2,1-3H3. The summed E-state index contributed by atoms with van der Waals surface area (Å²) in [5, 5.41) is 10.2. The molecule has 2 atom stereocenters. The molecule has 3 rings (SSSR count). The Labute approximate surface area is 115 Å². The van der Waals surface area contributed by atoms with E-state index in [1.807, 2.05) is 0 Å². The minimum absolute atomic E-state index is 0.0582. The molecular weight excluding hydrogens is 236 g/mol. The fourth-order valence-corrected chi connectivity index (χ4v) is 3.83. The van der Waals surface area contributed by atoms with Crippen molar-refractivity contribution in [3.05, 3.63) is 28.8 Å². The van der Waals surface area contributed by atoms with Crippen LogP contribution in [-0.2, 0) is 0 Å². The summed E-state index contributed by atoms with van der Waals surface area (Å²) in [7, 11) is 0. The SMILES string of the molecule is Cc1ccc(C)c(OC2CC(O)C23CCCC3)c1C. The van der Waals surface area contributed by atoms with Crippen molar-refractivity contribution in [2.75, 3.05) is 0 Å². The summed E-state index contributed by atoms with van der Waals surface area (Å²) >= 11 is 0. The van der Waals surface area contributed by atoms with Gasteiger partial charge >= 0.3 is 0 Å². The first-order valence-electron chi connectivity index (χ1n) is 7.46. The zero-order valence-electron chi connectivity index (χ0n) is 12.2. The Hall–Kier alpha value is -1.02. The van der Waals surface area contributed by atoms with Gasteiger partial charge in [0.25, 0.3) is 0 Å². The second-order valence-electron chi connectivity index (χ2n) is 6.45. The predicted octanol–water partition coefficient (Wildman–Crippen LogP) is 3.68. The molecule has 2 fully saturated rings. The second-order valence-corrected chi connectivity index (χ2v) is 6.45. The van der Waals surface area contributed by atoms with Crippen LogP contribution in [0.1, 0.15) is 48.8 Å². The number of benzene rings is 1. The van der Waals surface area contributed by atoms with Crippen molar-refractivity contribution in [2.24, 2.45) is 5.41 Å². The van der Waals surface area contributed by atoms with Gasteiger partial charge in [0, 0.05) is 11.8 Å². The number of hydrogen-bond acceptors (Lipinski definition) is 2. The van der Waals surface area contributed by atoms with Gasteiger partial charge in [-0.3, -0.25) is 0 Å². The number of ether oxygens (including phenoxy) is 1. The van der Waals surface area contributed by atoms with E-state index >= 15 is 0 Å². The molecule has 0 amide bonds. The smallest absolute Gasteiger partial charge is 0.125 e. The summed E-state index contributed by atoms with van der Waals surface area (Å²) in [6, 6.07) is 4.28. The number of aliphatic hydroxyl groups excluding tert-OH is 1. The molecular formula is C17H24O2. The number of hydrogen-bond donors (Lipinski definition) is 1. The maximum Gasteiger partial charge on any atom is 0.125 e. The monoisotopic (exact) mass is 260 g/mol. The molecule has 0 saturated heterocycles. The molecule has 1 aromatic carbocycles. The first kappa shape index (κ1) is 13.0. The van der Waals surface area contributed by atoms with Gasteiger partial charge in [-0.25, -0.2) is 0 Å². The molecule has 2 aliphatic carbocycles. The van der Waals surface area contributed by atoms with Crippen LogP contribution in [-0.4, -0.2) is 17.3 Å². The van der Waals surface area contributed by atoms with Crippen molar-refractivity contribution < 1.29 is 9.84 Å². The minimum Gasteiger partial charge on any atom is -0.489 e. The molecule has 1 aromatic rings. The third-order valence-corrected chi connectivity index (χ3v) is 5.41. The topological polar surface area (TPSA) is 29.5 Å². The Balaban J connectivity index is 1.85. The van der Waals surface area contributed by atoms with E-state index in [0.29, 0.717) is 0 Å². The highest BCUT2D eigenvalue weighted by Crippen LogP contribution is 2.55. The Morgan fingerprint density at radius 2 is 1.74 bits per heavy atom. The molecule has 104 valence electrons. The Kier molecular flexibility index (Phi) is 3.09. The number of aryl methyl sites for hydroxylation is 2. The average Bonchev–Trinajstić information content (AvgIpc) is 2.90. The molecule has 2 nitrogen and oxygen atoms in total. The molecule has 19 heavy (non-hydrogen) atoms. The van der Waals surface area contributed by atoms with Crippen LogP contribution in [0.15, 0.2) is 12.1 Å². The van der Waals surface area contributed by atoms with Gasteiger partial charge in [-0.15, -0.1) is 0 Å². The summed E-state index contributed by atoms with van der Waals surface area (Å²) < 4.78 is 6.34. The van der Waals surface area contributed by atoms with Gasteiger partial charge in [0.2, 0.25) is 0 Å². The van der Waals surface area contributed by atoms with Crippen molar-refractivity contribution in [2.45, 2.75) is 65.1 Å². The molecule has 0 aliphatic heterocycles. The number of aliphatic hydroxyl groups is 1. The van der Waals surface area contributed by atoms with Crippen LogP contribution in [0.25, 0.3) is 0 Å². The fraction of sp³-hybridized carbons (Fsp3) is 0.647.